The first-order valence-electron chi connectivity index (χ1n) is 8.92. The van der Waals surface area contributed by atoms with Gasteiger partial charge < -0.3 is 9.15 Å². The van der Waals surface area contributed by atoms with Gasteiger partial charge in [-0.1, -0.05) is 23.7 Å². The minimum absolute atomic E-state index is 0.295. The van der Waals surface area contributed by atoms with Crippen molar-refractivity contribution in [3.05, 3.63) is 76.4 Å². The largest absolute Gasteiger partial charge is 0.494 e. The second-order valence-corrected chi connectivity index (χ2v) is 7.53. The highest BCUT2D eigenvalue weighted by atomic mass is 35.5. The number of ether oxygens (including phenoxy) is 1. The summed E-state index contributed by atoms with van der Waals surface area (Å²) < 4.78 is 11.2. The Kier molecular flexibility index (Phi) is 5.47. The van der Waals surface area contributed by atoms with Gasteiger partial charge in [-0.2, -0.15) is 0 Å². The summed E-state index contributed by atoms with van der Waals surface area (Å²) in [4.78, 5) is 26.6. The van der Waals surface area contributed by atoms with E-state index in [1.54, 1.807) is 48.5 Å². The lowest BCUT2D eigenvalue weighted by Crippen LogP contribution is -2.27. The van der Waals surface area contributed by atoms with Crippen LogP contribution in [-0.2, 0) is 4.79 Å². The van der Waals surface area contributed by atoms with Crippen LogP contribution in [0.25, 0.3) is 17.4 Å². The zero-order chi connectivity index (χ0) is 20.4. The molecule has 0 N–H and O–H groups in total. The van der Waals surface area contributed by atoms with E-state index in [1.165, 1.54) is 0 Å². The van der Waals surface area contributed by atoms with Gasteiger partial charge in [0, 0.05) is 11.6 Å². The number of benzene rings is 2. The van der Waals surface area contributed by atoms with Crippen LogP contribution in [0.1, 0.15) is 12.7 Å². The molecule has 3 aromatic rings. The number of anilines is 1. The summed E-state index contributed by atoms with van der Waals surface area (Å²) in [6.45, 7) is 2.43. The number of halogens is 1. The minimum Gasteiger partial charge on any atom is -0.494 e. The smallest absolute Gasteiger partial charge is 0.298 e. The summed E-state index contributed by atoms with van der Waals surface area (Å²) in [5, 5.41) is 0.215. The Hall–Kier alpha value is -2.96. The van der Waals surface area contributed by atoms with Crippen molar-refractivity contribution in [2.24, 2.45) is 0 Å². The van der Waals surface area contributed by atoms with E-state index >= 15 is 0 Å². The second-order valence-electron chi connectivity index (χ2n) is 6.13. The number of nitrogens with zero attached hydrogens (tertiary/aromatic N) is 1. The monoisotopic (exact) mass is 425 g/mol. The van der Waals surface area contributed by atoms with Crippen molar-refractivity contribution < 1.29 is 18.7 Å². The average molecular weight is 426 g/mol. The molecule has 1 aromatic heterocycles. The standard InChI is InChI=1S/C22H16ClNO4S/c1-2-27-15-9-7-14(8-10-15)24-21(25)20(29-22(24)26)13-16-11-12-19(28-16)17-5-3-4-6-18(17)23/h3-13H,2H2,1H3/b20-13+. The number of carbonyl (C=O) groups is 2. The first kappa shape index (κ1) is 19.4. The van der Waals surface area contributed by atoms with Crippen molar-refractivity contribution in [1.29, 1.82) is 0 Å². The highest BCUT2D eigenvalue weighted by molar-refractivity contribution is 8.19. The Morgan fingerprint density at radius 2 is 1.83 bits per heavy atom. The fourth-order valence-corrected chi connectivity index (χ4v) is 3.96. The van der Waals surface area contributed by atoms with Gasteiger partial charge in [-0.25, -0.2) is 4.90 Å². The number of amides is 2. The lowest BCUT2D eigenvalue weighted by Gasteiger charge is -2.13. The maximum absolute atomic E-state index is 12.8. The van der Waals surface area contributed by atoms with Crippen molar-refractivity contribution in [1.82, 2.24) is 0 Å². The number of hydrogen-bond acceptors (Lipinski definition) is 5. The van der Waals surface area contributed by atoms with E-state index in [4.69, 9.17) is 20.8 Å². The van der Waals surface area contributed by atoms with Gasteiger partial charge in [-0.05, 0) is 67.2 Å². The van der Waals surface area contributed by atoms with Crippen LogP contribution >= 0.6 is 23.4 Å². The maximum atomic E-state index is 12.8. The van der Waals surface area contributed by atoms with Crippen LogP contribution in [0, 0.1) is 0 Å². The third kappa shape index (κ3) is 3.95. The van der Waals surface area contributed by atoms with E-state index in [-0.39, 0.29) is 11.1 Å². The fourth-order valence-electron chi connectivity index (χ4n) is 2.91. The molecule has 1 aliphatic rings. The van der Waals surface area contributed by atoms with E-state index in [0.717, 1.165) is 22.2 Å². The highest BCUT2D eigenvalue weighted by Gasteiger charge is 2.36. The molecule has 0 spiro atoms. The van der Waals surface area contributed by atoms with E-state index in [1.807, 2.05) is 25.1 Å². The van der Waals surface area contributed by atoms with Gasteiger partial charge in [0.2, 0.25) is 0 Å². The van der Waals surface area contributed by atoms with E-state index in [0.29, 0.717) is 39.5 Å². The number of furan rings is 1. The molecule has 0 unspecified atom stereocenters. The molecule has 0 saturated carbocycles. The minimum atomic E-state index is -0.389. The molecule has 5 nitrogen and oxygen atoms in total. The topological polar surface area (TPSA) is 59.8 Å². The molecule has 2 aromatic carbocycles. The normalized spacial score (nSPS) is 15.4. The number of hydrogen-bond donors (Lipinski definition) is 0. The molecule has 1 aliphatic heterocycles. The molecule has 7 heteroatoms. The lowest BCUT2D eigenvalue weighted by molar-refractivity contribution is -0.113. The second kappa shape index (κ2) is 8.19. The Morgan fingerprint density at radius 1 is 1.07 bits per heavy atom. The number of thioether (sulfide) groups is 1. The van der Waals surface area contributed by atoms with Crippen molar-refractivity contribution >= 4 is 46.3 Å². The highest BCUT2D eigenvalue weighted by Crippen LogP contribution is 2.37. The first-order valence-corrected chi connectivity index (χ1v) is 10.1. The summed E-state index contributed by atoms with van der Waals surface area (Å²) in [6.07, 6.45) is 1.57. The van der Waals surface area contributed by atoms with Crippen LogP contribution in [-0.4, -0.2) is 17.8 Å². The summed E-state index contributed by atoms with van der Waals surface area (Å²) in [5.74, 6) is 1.35. The molecule has 0 atom stereocenters. The lowest BCUT2D eigenvalue weighted by atomic mass is 10.2. The van der Waals surface area contributed by atoms with E-state index < -0.39 is 0 Å². The quantitative estimate of drug-likeness (QED) is 0.453. The molecule has 0 radical (unpaired) electrons. The van der Waals surface area contributed by atoms with Gasteiger partial charge >= 0.3 is 0 Å². The molecule has 0 aliphatic carbocycles. The number of rotatable bonds is 5. The van der Waals surface area contributed by atoms with Crippen molar-refractivity contribution in [3.63, 3.8) is 0 Å². The zero-order valence-electron chi connectivity index (χ0n) is 15.4. The predicted octanol–water partition coefficient (Wildman–Crippen LogP) is 6.24. The van der Waals surface area contributed by atoms with E-state index in [2.05, 4.69) is 0 Å². The summed E-state index contributed by atoms with van der Waals surface area (Å²) >= 11 is 7.08. The zero-order valence-corrected chi connectivity index (χ0v) is 17.0. The van der Waals surface area contributed by atoms with Crippen molar-refractivity contribution in [2.45, 2.75) is 6.92 Å². The van der Waals surface area contributed by atoms with Crippen molar-refractivity contribution in [2.75, 3.05) is 11.5 Å². The average Bonchev–Trinajstić information content (AvgIpc) is 3.28. The van der Waals surface area contributed by atoms with Gasteiger partial charge in [0.1, 0.15) is 17.3 Å². The van der Waals surface area contributed by atoms with Crippen LogP contribution in [0.5, 0.6) is 5.75 Å². The third-order valence-corrected chi connectivity index (χ3v) is 5.44. The molecule has 2 amide bonds. The molecular weight excluding hydrogens is 410 g/mol. The maximum Gasteiger partial charge on any atom is 0.298 e. The van der Waals surface area contributed by atoms with Crippen LogP contribution in [0.15, 0.2) is 70.0 Å². The van der Waals surface area contributed by atoms with Crippen LogP contribution in [0.2, 0.25) is 5.02 Å². The molecule has 2 heterocycles. The van der Waals surface area contributed by atoms with Gasteiger partial charge in [0.15, 0.2) is 0 Å². The van der Waals surface area contributed by atoms with Crippen molar-refractivity contribution in [3.8, 4) is 17.1 Å². The van der Waals surface area contributed by atoms with Crippen LogP contribution in [0.4, 0.5) is 10.5 Å². The van der Waals surface area contributed by atoms with Gasteiger partial charge in [0.25, 0.3) is 11.1 Å². The third-order valence-electron chi connectivity index (χ3n) is 4.24. The Labute approximate surface area is 176 Å². The summed E-state index contributed by atoms with van der Waals surface area (Å²) in [5.41, 5.74) is 1.26. The first-order chi connectivity index (χ1) is 14.1. The predicted molar refractivity (Wildman–Crippen MR) is 115 cm³/mol. The summed E-state index contributed by atoms with van der Waals surface area (Å²) in [7, 11) is 0. The number of imide groups is 1. The SMILES string of the molecule is CCOc1ccc(N2C(=O)S/C(=C/c3ccc(-c4ccccc4Cl)o3)C2=O)cc1. The Morgan fingerprint density at radius 3 is 2.55 bits per heavy atom. The van der Waals surface area contributed by atoms with Gasteiger partial charge in [-0.15, -0.1) is 0 Å². The molecule has 1 fully saturated rings. The summed E-state index contributed by atoms with van der Waals surface area (Å²) in [6, 6.07) is 17.7. The molecule has 29 heavy (non-hydrogen) atoms. The molecule has 146 valence electrons. The molecule has 1 saturated heterocycles. The van der Waals surface area contributed by atoms with Gasteiger partial charge in [-0.3, -0.25) is 9.59 Å². The molecule has 0 bridgehead atoms. The van der Waals surface area contributed by atoms with Crippen LogP contribution < -0.4 is 9.64 Å². The van der Waals surface area contributed by atoms with Crippen LogP contribution in [0.3, 0.4) is 0 Å². The fraction of sp³-hybridized carbons (Fsp3) is 0.0909. The van der Waals surface area contributed by atoms with Gasteiger partial charge in [0.05, 0.1) is 22.2 Å². The molecule has 4 rings (SSSR count). The Bertz CT molecular complexity index is 1100. The molecular formula is C22H16ClNO4S. The Balaban J connectivity index is 1.57. The van der Waals surface area contributed by atoms with E-state index in [9.17, 15) is 9.59 Å². The number of carbonyl (C=O) groups excluding carboxylic acids is 2.